The van der Waals surface area contributed by atoms with Crippen LogP contribution >= 0.6 is 0 Å². The Morgan fingerprint density at radius 2 is 1.88 bits per heavy atom. The first-order valence-corrected chi connectivity index (χ1v) is 10.8. The van der Waals surface area contributed by atoms with Crippen LogP contribution < -0.4 is 5.32 Å². The van der Waals surface area contributed by atoms with Gasteiger partial charge in [-0.3, -0.25) is 4.98 Å². The molecule has 0 aliphatic heterocycles. The van der Waals surface area contributed by atoms with E-state index in [9.17, 15) is 17.6 Å². The predicted octanol–water partition coefficient (Wildman–Crippen LogP) is 4.99. The lowest BCUT2D eigenvalue weighted by Crippen LogP contribution is -2.38. The van der Waals surface area contributed by atoms with E-state index in [4.69, 9.17) is 0 Å². The monoisotopic (exact) mass is 464 g/mol. The lowest BCUT2D eigenvalue weighted by Gasteiger charge is -2.29. The molecule has 1 aromatic carbocycles. The van der Waals surface area contributed by atoms with Gasteiger partial charge in [0.05, 0.1) is 11.6 Å². The summed E-state index contributed by atoms with van der Waals surface area (Å²) in [5.41, 5.74) is -0.0989. The van der Waals surface area contributed by atoms with Gasteiger partial charge in [-0.15, -0.1) is 5.10 Å². The summed E-state index contributed by atoms with van der Waals surface area (Å²) in [7, 11) is 0. The molecule has 0 aliphatic carbocycles. The van der Waals surface area contributed by atoms with Gasteiger partial charge in [0.1, 0.15) is 5.82 Å². The summed E-state index contributed by atoms with van der Waals surface area (Å²) >= 11 is 0. The van der Waals surface area contributed by atoms with Crippen LogP contribution in [0.5, 0.6) is 0 Å². The number of unbranched alkanes of at least 4 members (excludes halogenated alkanes) is 1. The molecule has 1 atom stereocenters. The van der Waals surface area contributed by atoms with Gasteiger partial charge in [0.2, 0.25) is 0 Å². The van der Waals surface area contributed by atoms with Crippen LogP contribution in [0.4, 0.5) is 17.6 Å². The number of nitrogens with one attached hydrogen (secondary N) is 1. The third-order valence-corrected chi connectivity index (χ3v) is 5.50. The fraction of sp³-hybridized carbons (Fsp3) is 0.478. The van der Waals surface area contributed by atoms with Crippen molar-refractivity contribution in [3.8, 4) is 0 Å². The van der Waals surface area contributed by atoms with Gasteiger partial charge in [-0.25, -0.2) is 9.07 Å². The van der Waals surface area contributed by atoms with Gasteiger partial charge < -0.3 is 5.32 Å². The molecular formula is C23H28F4N6. The largest absolute Gasteiger partial charge is 0.416 e. The van der Waals surface area contributed by atoms with E-state index in [1.165, 1.54) is 4.68 Å². The average molecular weight is 465 g/mol. The maximum atomic E-state index is 14.2. The number of hydrogen-bond donors (Lipinski definition) is 1. The number of aromatic nitrogens is 5. The molecule has 0 fully saturated rings. The Hall–Kier alpha value is -2.88. The zero-order valence-electron chi connectivity index (χ0n) is 19.1. The highest BCUT2D eigenvalue weighted by Crippen LogP contribution is 2.37. The average Bonchev–Trinajstić information content (AvgIpc) is 3.20. The van der Waals surface area contributed by atoms with E-state index in [1.54, 1.807) is 0 Å². The Bertz CT molecular complexity index is 1080. The van der Waals surface area contributed by atoms with Crippen molar-refractivity contribution in [3.05, 3.63) is 70.6 Å². The van der Waals surface area contributed by atoms with E-state index in [2.05, 4.69) is 25.8 Å². The van der Waals surface area contributed by atoms with Gasteiger partial charge in [0.15, 0.2) is 5.82 Å². The summed E-state index contributed by atoms with van der Waals surface area (Å²) in [6.07, 6.45) is -3.06. The lowest BCUT2D eigenvalue weighted by atomic mass is 9.87. The van der Waals surface area contributed by atoms with Crippen molar-refractivity contribution < 1.29 is 17.6 Å². The maximum absolute atomic E-state index is 14.2. The van der Waals surface area contributed by atoms with Crippen molar-refractivity contribution in [2.75, 3.05) is 6.54 Å². The molecule has 3 rings (SSSR count). The Balaban J connectivity index is 2.04. The second kappa shape index (κ2) is 9.94. The molecule has 6 nitrogen and oxygen atoms in total. The first kappa shape index (κ1) is 24.8. The van der Waals surface area contributed by atoms with Crippen molar-refractivity contribution in [2.45, 2.75) is 64.7 Å². The smallest absolute Gasteiger partial charge is 0.303 e. The molecule has 1 N–H and O–H groups in total. The number of nitrogens with zero attached hydrogens (tertiary/aromatic N) is 5. The first-order valence-electron chi connectivity index (χ1n) is 10.8. The van der Waals surface area contributed by atoms with E-state index < -0.39 is 29.0 Å². The molecule has 0 saturated carbocycles. The molecule has 0 aliphatic rings. The van der Waals surface area contributed by atoms with Crippen LogP contribution in [0.3, 0.4) is 0 Å². The Morgan fingerprint density at radius 3 is 2.55 bits per heavy atom. The minimum atomic E-state index is -4.67. The molecular weight excluding hydrogens is 436 g/mol. The summed E-state index contributed by atoms with van der Waals surface area (Å²) in [6.45, 7) is 8.44. The molecule has 33 heavy (non-hydrogen) atoms. The van der Waals surface area contributed by atoms with E-state index in [0.29, 0.717) is 6.54 Å². The van der Waals surface area contributed by atoms with Crippen LogP contribution in [-0.4, -0.2) is 31.7 Å². The Labute approximate surface area is 190 Å². The Morgan fingerprint density at radius 1 is 1.12 bits per heavy atom. The number of pyridine rings is 1. The number of hydrogen-bond acceptors (Lipinski definition) is 5. The SMILES string of the molecule is CCCCn1nnnc1C(NCC(C)(C)c1cccc(C)n1)c1cc(F)ccc1C(F)(F)F. The summed E-state index contributed by atoms with van der Waals surface area (Å²) < 4.78 is 57.2. The van der Waals surface area contributed by atoms with Crippen LogP contribution in [-0.2, 0) is 18.1 Å². The number of halogens is 4. The summed E-state index contributed by atoms with van der Waals surface area (Å²) in [5.74, 6) is -0.565. The van der Waals surface area contributed by atoms with Crippen LogP contribution in [0, 0.1) is 12.7 Å². The van der Waals surface area contributed by atoms with Gasteiger partial charge in [-0.05, 0) is 59.7 Å². The van der Waals surface area contributed by atoms with Gasteiger partial charge in [-0.1, -0.05) is 33.3 Å². The number of alkyl halides is 3. The zero-order chi connectivity index (χ0) is 24.2. The molecule has 0 saturated heterocycles. The molecule has 10 heteroatoms. The highest BCUT2D eigenvalue weighted by Gasteiger charge is 2.38. The summed E-state index contributed by atoms with van der Waals surface area (Å²) in [6, 6.07) is 7.02. The molecule has 3 aromatic rings. The quantitative estimate of drug-likeness (QED) is 0.452. The molecule has 0 bridgehead atoms. The maximum Gasteiger partial charge on any atom is 0.416 e. The van der Waals surface area contributed by atoms with Gasteiger partial charge in [0, 0.05) is 29.9 Å². The van der Waals surface area contributed by atoms with Crippen molar-refractivity contribution >= 4 is 0 Å². The topological polar surface area (TPSA) is 68.5 Å². The molecule has 178 valence electrons. The van der Waals surface area contributed by atoms with Crippen molar-refractivity contribution in [2.24, 2.45) is 0 Å². The number of aryl methyl sites for hydroxylation is 2. The Kier molecular flexibility index (Phi) is 7.46. The lowest BCUT2D eigenvalue weighted by molar-refractivity contribution is -0.138. The van der Waals surface area contributed by atoms with Gasteiger partial charge in [-0.2, -0.15) is 13.2 Å². The fourth-order valence-corrected chi connectivity index (χ4v) is 3.62. The number of tetrazole rings is 1. The standard InChI is InChI=1S/C23H28F4N6/c1-5-6-12-33-21(30-31-32-33)20(17-13-16(24)10-11-18(17)23(25,26)27)28-14-22(3,4)19-9-7-8-15(2)29-19/h7-11,13,20,28H,5-6,12,14H2,1-4H3. The number of benzene rings is 1. The first-order chi connectivity index (χ1) is 15.5. The van der Waals surface area contributed by atoms with Crippen molar-refractivity contribution in [3.63, 3.8) is 0 Å². The second-order valence-electron chi connectivity index (χ2n) is 8.71. The van der Waals surface area contributed by atoms with Crippen molar-refractivity contribution in [1.29, 1.82) is 0 Å². The van der Waals surface area contributed by atoms with Crippen LogP contribution in [0.15, 0.2) is 36.4 Å². The summed E-state index contributed by atoms with van der Waals surface area (Å²) in [5, 5.41) is 14.8. The third-order valence-electron chi connectivity index (χ3n) is 5.50. The molecule has 0 radical (unpaired) electrons. The fourth-order valence-electron chi connectivity index (χ4n) is 3.62. The predicted molar refractivity (Wildman–Crippen MR) is 116 cm³/mol. The second-order valence-corrected chi connectivity index (χ2v) is 8.71. The van der Waals surface area contributed by atoms with Crippen molar-refractivity contribution in [1.82, 2.24) is 30.5 Å². The normalized spacial score (nSPS) is 13.3. The van der Waals surface area contributed by atoms with E-state index in [0.717, 1.165) is 42.4 Å². The van der Waals surface area contributed by atoms with E-state index in [1.807, 2.05) is 45.9 Å². The highest BCUT2D eigenvalue weighted by molar-refractivity contribution is 5.36. The minimum Gasteiger partial charge on any atom is -0.303 e. The van der Waals surface area contributed by atoms with Crippen LogP contribution in [0.1, 0.15) is 68.0 Å². The summed E-state index contributed by atoms with van der Waals surface area (Å²) in [4.78, 5) is 4.56. The van der Waals surface area contributed by atoms with Crippen LogP contribution in [0.2, 0.25) is 0 Å². The van der Waals surface area contributed by atoms with Crippen LogP contribution in [0.25, 0.3) is 0 Å². The number of rotatable bonds is 9. The minimum absolute atomic E-state index is 0.201. The van der Waals surface area contributed by atoms with Gasteiger partial charge in [0.25, 0.3) is 0 Å². The molecule has 2 aromatic heterocycles. The van der Waals surface area contributed by atoms with Gasteiger partial charge >= 0.3 is 6.18 Å². The third kappa shape index (κ3) is 5.93. The van der Waals surface area contributed by atoms with E-state index in [-0.39, 0.29) is 17.9 Å². The molecule has 0 amide bonds. The highest BCUT2D eigenvalue weighted by atomic mass is 19.4. The zero-order valence-corrected chi connectivity index (χ0v) is 19.1. The molecule has 2 heterocycles. The molecule has 1 unspecified atom stereocenters. The molecule has 0 spiro atoms. The van der Waals surface area contributed by atoms with E-state index >= 15 is 0 Å².